The molecule has 0 aliphatic carbocycles. The molecule has 116 heavy (non-hydrogen) atoms. The zero-order chi connectivity index (χ0) is 83.6. The number of methoxy groups -OCH3 is 5. The molecule has 0 spiro atoms. The van der Waals surface area contributed by atoms with Crippen molar-refractivity contribution in [3.05, 3.63) is 191 Å². The number of H-pyrrole nitrogens is 1. The molecule has 1 amide bonds. The number of anilines is 1. The van der Waals surface area contributed by atoms with Crippen LogP contribution in [0.4, 0.5) is 5.69 Å². The molecule has 9 heterocycles. The van der Waals surface area contributed by atoms with Crippen molar-refractivity contribution in [2.24, 2.45) is 0 Å². The fourth-order valence-electron chi connectivity index (χ4n) is 14.8. The van der Waals surface area contributed by atoms with Gasteiger partial charge in [-0.25, -0.2) is 19.2 Å². The van der Waals surface area contributed by atoms with Gasteiger partial charge in [0.25, 0.3) is 11.5 Å². The van der Waals surface area contributed by atoms with Crippen LogP contribution in [0.3, 0.4) is 0 Å². The molecule has 3 aliphatic heterocycles. The number of ether oxygens (including phenoxy) is 8. The van der Waals surface area contributed by atoms with Crippen LogP contribution < -0.4 is 20.5 Å². The Balaban J connectivity index is 0.000000162. The number of nitrogens with one attached hydrogen (secondary N) is 2. The van der Waals surface area contributed by atoms with Crippen LogP contribution in [0.1, 0.15) is 173 Å². The van der Waals surface area contributed by atoms with E-state index in [0.29, 0.717) is 141 Å². The zero-order valence-corrected chi connectivity index (χ0v) is 73.4. The molecule has 0 radical (unpaired) electrons. The number of benzene rings is 5. The number of hydrogen-bond acceptors (Lipinski definition) is 24. The number of carbonyl (C=O) groups excluding carboxylic acids is 6. The number of aldehydes is 1. The van der Waals surface area contributed by atoms with Gasteiger partial charge in [-0.15, -0.1) is 0 Å². The summed E-state index contributed by atoms with van der Waals surface area (Å²) < 4.78 is 73.2. The van der Waals surface area contributed by atoms with E-state index in [9.17, 15) is 33.6 Å². The molecule has 3 aliphatic rings. The van der Waals surface area contributed by atoms with Gasteiger partial charge in [-0.1, -0.05) is 98.3 Å². The number of nitrogens with zero attached hydrogens (tertiary/aromatic N) is 3. The van der Waals surface area contributed by atoms with Gasteiger partial charge in [0.2, 0.25) is 0 Å². The minimum atomic E-state index is -0.434. The smallest absolute Gasteiger partial charge is 0.338 e. The molecular formula is C86H97Br4N5O21. The maximum absolute atomic E-state index is 14.1. The predicted octanol–water partition coefficient (Wildman–Crippen LogP) is 17.1. The third-order valence-electron chi connectivity index (χ3n) is 20.5. The van der Waals surface area contributed by atoms with Crippen molar-refractivity contribution in [3.8, 4) is 5.75 Å². The average Bonchev–Trinajstić information content (AvgIpc) is 1.47. The van der Waals surface area contributed by atoms with E-state index < -0.39 is 11.9 Å². The Morgan fingerprint density at radius 2 is 0.922 bits per heavy atom. The molecule has 14 rings (SSSR count). The highest BCUT2D eigenvalue weighted by Gasteiger charge is 2.31. The Labute approximate surface area is 704 Å². The molecule has 0 atom stereocenters. The molecule has 3 N–H and O–H groups in total. The number of rotatable bonds is 22. The van der Waals surface area contributed by atoms with Crippen LogP contribution in [0.15, 0.2) is 118 Å². The van der Waals surface area contributed by atoms with Gasteiger partial charge < -0.3 is 80.3 Å². The van der Waals surface area contributed by atoms with Crippen molar-refractivity contribution in [2.45, 2.75) is 126 Å². The Kier molecular flexibility index (Phi) is 32.3. The number of aliphatic hydroxyl groups excluding tert-OH is 1. The van der Waals surface area contributed by atoms with Crippen molar-refractivity contribution in [1.82, 2.24) is 20.1 Å². The second-order valence-corrected chi connectivity index (χ2v) is 30.7. The lowest BCUT2D eigenvalue weighted by Crippen LogP contribution is -2.40. The fraction of sp³-hybridized carbons (Fsp3) is 0.407. The molecule has 11 aromatic rings. The summed E-state index contributed by atoms with van der Waals surface area (Å²) in [6.45, 7) is 23.8. The quantitative estimate of drug-likeness (QED) is 0.0322. The van der Waals surface area contributed by atoms with Gasteiger partial charge >= 0.3 is 23.9 Å². The Hall–Kier alpha value is -8.95. The van der Waals surface area contributed by atoms with Gasteiger partial charge in [-0.3, -0.25) is 24.2 Å². The first-order chi connectivity index (χ1) is 56.0. The number of aromatic nitrogens is 1. The van der Waals surface area contributed by atoms with Gasteiger partial charge in [-0.05, 0) is 147 Å². The average molecular weight is 1860 g/mol. The molecule has 0 saturated carbocycles. The molecule has 0 bridgehead atoms. The van der Waals surface area contributed by atoms with Crippen LogP contribution in [0.5, 0.6) is 5.75 Å². The summed E-state index contributed by atoms with van der Waals surface area (Å²) in [4.78, 5) is 95.1. The number of pyridine rings is 1. The molecule has 26 nitrogen and oxygen atoms in total. The lowest BCUT2D eigenvalue weighted by atomic mass is 9.95. The highest BCUT2D eigenvalue weighted by molar-refractivity contribution is 9.11. The number of carbonyl (C=O) groups is 6. The van der Waals surface area contributed by atoms with Crippen molar-refractivity contribution in [3.63, 3.8) is 0 Å². The summed E-state index contributed by atoms with van der Waals surface area (Å²) in [6, 6.07) is 20.6. The van der Waals surface area contributed by atoms with Crippen molar-refractivity contribution < 1.29 is 93.9 Å². The van der Waals surface area contributed by atoms with E-state index in [0.717, 1.165) is 170 Å². The molecule has 620 valence electrons. The molecule has 5 aromatic carbocycles. The molecule has 0 unspecified atom stereocenters. The second-order valence-electron chi connectivity index (χ2n) is 27.3. The summed E-state index contributed by atoms with van der Waals surface area (Å²) in [6.07, 6.45) is 7.59. The number of aryl methyl sites for hydroxylation is 1. The lowest BCUT2D eigenvalue weighted by molar-refractivity contribution is 0.0314. The largest absolute Gasteiger partial charge is 0.496 e. The molecule has 6 aromatic heterocycles. The second kappa shape index (κ2) is 41.9. The van der Waals surface area contributed by atoms with Crippen LogP contribution >= 0.6 is 63.7 Å². The minimum Gasteiger partial charge on any atom is -0.496 e. The van der Waals surface area contributed by atoms with Gasteiger partial charge in [0.1, 0.15) is 57.6 Å². The number of halogens is 4. The van der Waals surface area contributed by atoms with Gasteiger partial charge in [0, 0.05) is 114 Å². The van der Waals surface area contributed by atoms with Crippen LogP contribution in [0.2, 0.25) is 0 Å². The van der Waals surface area contributed by atoms with Gasteiger partial charge in [0.05, 0.1) is 121 Å². The van der Waals surface area contributed by atoms with Crippen LogP contribution in [-0.2, 0) is 91.5 Å². The molecule has 3 saturated heterocycles. The summed E-state index contributed by atoms with van der Waals surface area (Å²) in [7, 11) is 6.99. The SMILES string of the molecule is CCc1c(Br)cc2oc(C=O)cc2c1C(=O)OC.CCc1c(Br)cc2oc(CN3CCOCC3)cc2c1C(=O)OC.CCc1c(Br)cc2oc(CO)cc2c1C(=O)OC.CCc1c(Br)cc2occc2c1C(=O)OC.CCc1c(N(CC)C2CCOCC2)cc2oc(CN3CCOCC3)cc2c1C(=O)NCc1c(OC)cc(C)[nH]c1=O. The standard InChI is InChI=1S/C31H42N4O6.C17H20BrNO4.C13H13BrO4.C13H11BrO4.C12H11BrO3/c1-5-23-26(35(6-2)21-7-11-39-12-8-21)17-28-24(16-22(41-28)19-34-9-13-40-14-10-34)29(23)31(37)32-18-25-27(38-4)15-20(3)33-30(25)36;1-3-12-14(18)9-15-13(16(12)17(20)21-2)8-11(23-15)10-19-4-6-22-7-5-19;2*1-3-8-10(14)5-11-9(4-7(6-15)18-11)12(8)13(16)17-2;1-3-7-9(13)6-10-8(4-5-16-10)11(7)12(14)15-2/h15-17,21H,5-14,18-19H2,1-4H3,(H,32,37)(H,33,36);8-9H,3-7,10H2,1-2H3;4-5,15H,3,6H2,1-2H3;4-6H,3H2,1-2H3;4-6H,3H2,1-2H3. The van der Waals surface area contributed by atoms with E-state index in [2.05, 4.69) is 109 Å². The lowest BCUT2D eigenvalue weighted by Gasteiger charge is -2.37. The van der Waals surface area contributed by atoms with E-state index >= 15 is 0 Å². The van der Waals surface area contributed by atoms with Crippen LogP contribution in [0, 0.1) is 6.92 Å². The summed E-state index contributed by atoms with van der Waals surface area (Å²) in [5.74, 6) is 1.02. The number of hydrogen-bond donors (Lipinski definition) is 3. The van der Waals surface area contributed by atoms with E-state index in [-0.39, 0.29) is 42.3 Å². The number of aliphatic hydroxyl groups is 1. The van der Waals surface area contributed by atoms with E-state index in [4.69, 9.17) is 65.1 Å². The van der Waals surface area contributed by atoms with Crippen molar-refractivity contribution in [1.29, 1.82) is 0 Å². The fourth-order valence-corrected chi connectivity index (χ4v) is 17.6. The summed E-state index contributed by atoms with van der Waals surface area (Å²) >= 11 is 13.8. The summed E-state index contributed by atoms with van der Waals surface area (Å²) in [5, 5.41) is 15.8. The predicted molar refractivity (Wildman–Crippen MR) is 454 cm³/mol. The first kappa shape index (κ1) is 89.4. The van der Waals surface area contributed by atoms with E-state index in [1.807, 2.05) is 52.0 Å². The monoisotopic (exact) mass is 1850 g/mol. The van der Waals surface area contributed by atoms with E-state index in [1.165, 1.54) is 35.5 Å². The Bertz CT molecular complexity index is 5400. The molecule has 3 fully saturated rings. The maximum Gasteiger partial charge on any atom is 0.338 e. The van der Waals surface area contributed by atoms with Crippen molar-refractivity contribution >= 4 is 160 Å². The number of fused-ring (bicyclic) bond motifs is 5. The topological polar surface area (TPSA) is 317 Å². The van der Waals surface area contributed by atoms with Crippen LogP contribution in [-0.4, -0.2) is 170 Å². The number of aromatic amines is 1. The summed E-state index contributed by atoms with van der Waals surface area (Å²) in [5.41, 5.74) is 12.3. The highest BCUT2D eigenvalue weighted by Crippen LogP contribution is 2.40. The first-order valence-corrected chi connectivity index (χ1v) is 41.5. The first-order valence-electron chi connectivity index (χ1n) is 38.4. The third kappa shape index (κ3) is 20.4. The number of furan rings is 5. The Morgan fingerprint density at radius 3 is 1.35 bits per heavy atom. The number of amides is 1. The van der Waals surface area contributed by atoms with Crippen molar-refractivity contribution in [2.75, 3.05) is 113 Å². The maximum atomic E-state index is 14.1. The van der Waals surface area contributed by atoms with Crippen LogP contribution in [0.25, 0.3) is 54.8 Å². The van der Waals surface area contributed by atoms with Gasteiger partial charge in [-0.2, -0.15) is 0 Å². The minimum absolute atomic E-state index is 0.0441. The highest BCUT2D eigenvalue weighted by atomic mass is 79.9. The number of esters is 4. The third-order valence-corrected chi connectivity index (χ3v) is 23.3. The molecular weight excluding hydrogens is 1760 g/mol. The zero-order valence-electron chi connectivity index (χ0n) is 67.1. The molecule has 30 heteroatoms. The van der Waals surface area contributed by atoms with Gasteiger partial charge in [0.15, 0.2) is 12.0 Å². The normalized spacial score (nSPS) is 13.9. The Morgan fingerprint density at radius 1 is 0.517 bits per heavy atom. The van der Waals surface area contributed by atoms with E-state index in [1.54, 1.807) is 49.6 Å². The number of morpholine rings is 2.